The third kappa shape index (κ3) is 4.30. The summed E-state index contributed by atoms with van der Waals surface area (Å²) in [6.45, 7) is 5.14. The highest BCUT2D eigenvalue weighted by atomic mass is 79.9. The fourth-order valence-electron chi connectivity index (χ4n) is 2.68. The van der Waals surface area contributed by atoms with E-state index in [2.05, 4.69) is 21.2 Å². The molecule has 1 fully saturated rings. The normalized spacial score (nSPS) is 21.3. The molecule has 0 radical (unpaired) electrons. The lowest BCUT2D eigenvalue weighted by Gasteiger charge is -2.36. The number of likely N-dealkylation sites (tertiary alicyclic amines) is 1. The van der Waals surface area contributed by atoms with Crippen molar-refractivity contribution in [2.75, 3.05) is 13.1 Å². The van der Waals surface area contributed by atoms with Crippen LogP contribution in [0.1, 0.15) is 36.4 Å². The largest absolute Gasteiger partial charge is 0.341 e. The molecule has 1 aromatic rings. The number of nitrogens with zero attached hydrogens (tertiary/aromatic N) is 1. The van der Waals surface area contributed by atoms with Crippen LogP contribution in [0.5, 0.6) is 0 Å². The second-order valence-electron chi connectivity index (χ2n) is 5.84. The molecule has 7 heteroatoms. The number of amides is 2. The number of thiophene rings is 1. The van der Waals surface area contributed by atoms with Gasteiger partial charge in [-0.1, -0.05) is 0 Å². The zero-order valence-electron chi connectivity index (χ0n) is 12.8. The van der Waals surface area contributed by atoms with E-state index >= 15 is 0 Å². The number of carbonyl (C=O) groups excluding carboxylic acids is 2. The van der Waals surface area contributed by atoms with E-state index in [9.17, 15) is 9.59 Å². The van der Waals surface area contributed by atoms with Crippen molar-refractivity contribution in [2.45, 2.75) is 38.8 Å². The van der Waals surface area contributed by atoms with Crippen molar-refractivity contribution in [2.24, 2.45) is 11.7 Å². The maximum Gasteiger partial charge on any atom is 0.262 e. The molecule has 0 aliphatic carbocycles. The van der Waals surface area contributed by atoms with Gasteiger partial charge in [-0.25, -0.2) is 0 Å². The van der Waals surface area contributed by atoms with Gasteiger partial charge in [0.25, 0.3) is 5.91 Å². The summed E-state index contributed by atoms with van der Waals surface area (Å²) in [5.74, 6) is 0.0977. The molecule has 0 bridgehead atoms. The molecule has 22 heavy (non-hydrogen) atoms. The minimum atomic E-state index is -0.528. The maximum absolute atomic E-state index is 12.5. The summed E-state index contributed by atoms with van der Waals surface area (Å²) in [6, 6.07) is 3.13. The predicted molar refractivity (Wildman–Crippen MR) is 91.9 cm³/mol. The van der Waals surface area contributed by atoms with Crippen molar-refractivity contribution in [3.05, 3.63) is 20.8 Å². The number of nitrogens with one attached hydrogen (secondary N) is 1. The van der Waals surface area contributed by atoms with Gasteiger partial charge in [0.2, 0.25) is 5.91 Å². The molecule has 1 aromatic heterocycles. The van der Waals surface area contributed by atoms with Gasteiger partial charge in [0.1, 0.15) is 6.04 Å². The van der Waals surface area contributed by atoms with Crippen LogP contribution >= 0.6 is 27.3 Å². The molecule has 3 atom stereocenters. The Morgan fingerprint density at radius 1 is 1.45 bits per heavy atom. The van der Waals surface area contributed by atoms with Crippen molar-refractivity contribution < 1.29 is 9.59 Å². The molecular weight excluding hydrogens is 366 g/mol. The van der Waals surface area contributed by atoms with Crippen LogP contribution in [-0.2, 0) is 4.79 Å². The number of carbonyl (C=O) groups is 2. The fourth-order valence-corrected chi connectivity index (χ4v) is 3.97. The lowest BCUT2D eigenvalue weighted by molar-refractivity contribution is -0.134. The van der Waals surface area contributed by atoms with Crippen molar-refractivity contribution >= 4 is 39.1 Å². The Morgan fingerprint density at radius 3 is 2.77 bits per heavy atom. The van der Waals surface area contributed by atoms with Crippen LogP contribution in [0.15, 0.2) is 15.9 Å². The molecule has 1 saturated heterocycles. The first-order valence-electron chi connectivity index (χ1n) is 7.49. The number of rotatable bonds is 4. The van der Waals surface area contributed by atoms with Crippen molar-refractivity contribution in [1.82, 2.24) is 10.2 Å². The highest BCUT2D eigenvalue weighted by Crippen LogP contribution is 2.22. The summed E-state index contributed by atoms with van der Waals surface area (Å²) in [5, 5.41) is 2.78. The first-order valence-corrected chi connectivity index (χ1v) is 9.10. The van der Waals surface area contributed by atoms with Crippen LogP contribution in [0, 0.1) is 5.92 Å². The monoisotopic (exact) mass is 387 g/mol. The minimum absolute atomic E-state index is 0.0330. The average molecular weight is 388 g/mol. The highest BCUT2D eigenvalue weighted by Gasteiger charge is 2.29. The Balaban J connectivity index is 1.92. The molecule has 1 aliphatic rings. The van der Waals surface area contributed by atoms with Gasteiger partial charge in [-0.15, -0.1) is 11.3 Å². The zero-order valence-corrected chi connectivity index (χ0v) is 15.2. The van der Waals surface area contributed by atoms with Gasteiger partial charge in [-0.2, -0.15) is 0 Å². The Labute approximate surface area is 143 Å². The molecular formula is C15H22BrN3O2S. The topological polar surface area (TPSA) is 75.4 Å². The van der Waals surface area contributed by atoms with Gasteiger partial charge in [-0.3, -0.25) is 9.59 Å². The van der Waals surface area contributed by atoms with Crippen molar-refractivity contribution in [3.63, 3.8) is 0 Å². The van der Waals surface area contributed by atoms with Gasteiger partial charge < -0.3 is 16.0 Å². The van der Waals surface area contributed by atoms with Gasteiger partial charge >= 0.3 is 0 Å². The smallest absolute Gasteiger partial charge is 0.262 e. The highest BCUT2D eigenvalue weighted by molar-refractivity contribution is 9.11. The minimum Gasteiger partial charge on any atom is -0.341 e. The van der Waals surface area contributed by atoms with Crippen LogP contribution in [0.25, 0.3) is 0 Å². The molecule has 1 aliphatic heterocycles. The number of hydrogen-bond donors (Lipinski definition) is 2. The standard InChI is InChI=1S/C15H22BrN3O2S/c1-9(17)11-4-3-7-19(8-11)15(21)10(2)18-14(20)12-5-6-13(16)22-12/h5-6,9-11H,3-4,7-8,17H2,1-2H3,(H,18,20). The first-order chi connectivity index (χ1) is 10.4. The third-order valence-electron chi connectivity index (χ3n) is 4.03. The summed E-state index contributed by atoms with van der Waals surface area (Å²) >= 11 is 4.68. The van der Waals surface area contributed by atoms with E-state index in [0.717, 1.165) is 23.2 Å². The predicted octanol–water partition coefficient (Wildman–Crippen LogP) is 2.21. The van der Waals surface area contributed by atoms with Crippen molar-refractivity contribution in [1.29, 1.82) is 0 Å². The van der Waals surface area contributed by atoms with E-state index in [4.69, 9.17) is 5.73 Å². The molecule has 2 heterocycles. The lowest BCUT2D eigenvalue weighted by atomic mass is 9.92. The SMILES string of the molecule is CC(NC(=O)c1ccc(Br)s1)C(=O)N1CCCC(C(C)N)C1. The van der Waals surface area contributed by atoms with Crippen LogP contribution in [-0.4, -0.2) is 41.9 Å². The maximum atomic E-state index is 12.5. The third-order valence-corrected chi connectivity index (χ3v) is 5.65. The lowest BCUT2D eigenvalue weighted by Crippen LogP contribution is -2.51. The molecule has 0 aromatic carbocycles. The number of halogens is 1. The number of piperidine rings is 1. The Kier molecular flexibility index (Phi) is 6.00. The molecule has 122 valence electrons. The number of nitrogens with two attached hydrogens (primary N) is 1. The zero-order chi connectivity index (χ0) is 16.3. The summed E-state index contributed by atoms with van der Waals surface area (Å²) in [6.07, 6.45) is 2.03. The van der Waals surface area contributed by atoms with E-state index in [1.807, 2.05) is 17.9 Å². The molecule has 0 spiro atoms. The number of hydrogen-bond acceptors (Lipinski definition) is 4. The quantitative estimate of drug-likeness (QED) is 0.831. The second-order valence-corrected chi connectivity index (χ2v) is 8.31. The van der Waals surface area contributed by atoms with E-state index in [1.54, 1.807) is 13.0 Å². The molecule has 2 amide bonds. The second kappa shape index (κ2) is 7.57. The van der Waals surface area contributed by atoms with E-state index < -0.39 is 6.04 Å². The Morgan fingerprint density at radius 2 is 2.18 bits per heavy atom. The molecule has 3 unspecified atom stereocenters. The summed E-state index contributed by atoms with van der Waals surface area (Å²) in [7, 11) is 0. The van der Waals surface area contributed by atoms with Gasteiger partial charge in [0.05, 0.1) is 8.66 Å². The summed E-state index contributed by atoms with van der Waals surface area (Å²) in [4.78, 5) is 27.0. The van der Waals surface area contributed by atoms with E-state index in [0.29, 0.717) is 17.3 Å². The van der Waals surface area contributed by atoms with Gasteiger partial charge in [0, 0.05) is 19.1 Å². The van der Waals surface area contributed by atoms with Crippen LogP contribution < -0.4 is 11.1 Å². The van der Waals surface area contributed by atoms with E-state index in [-0.39, 0.29) is 17.9 Å². The molecule has 5 nitrogen and oxygen atoms in total. The Bertz CT molecular complexity index is 547. The van der Waals surface area contributed by atoms with Crippen molar-refractivity contribution in [3.8, 4) is 0 Å². The fraction of sp³-hybridized carbons (Fsp3) is 0.600. The molecule has 0 saturated carbocycles. The molecule has 2 rings (SSSR count). The average Bonchev–Trinajstić information content (AvgIpc) is 2.93. The summed E-state index contributed by atoms with van der Waals surface area (Å²) in [5.41, 5.74) is 5.95. The summed E-state index contributed by atoms with van der Waals surface area (Å²) < 4.78 is 0.896. The molecule has 3 N–H and O–H groups in total. The van der Waals surface area contributed by atoms with Crippen LogP contribution in [0.4, 0.5) is 0 Å². The van der Waals surface area contributed by atoms with E-state index in [1.165, 1.54) is 11.3 Å². The first kappa shape index (κ1) is 17.4. The Hall–Kier alpha value is -0.920. The van der Waals surface area contributed by atoms with Crippen LogP contribution in [0.3, 0.4) is 0 Å². The van der Waals surface area contributed by atoms with Crippen LogP contribution in [0.2, 0.25) is 0 Å². The van der Waals surface area contributed by atoms with Gasteiger partial charge in [0.15, 0.2) is 0 Å². The van der Waals surface area contributed by atoms with Gasteiger partial charge in [-0.05, 0) is 60.7 Å².